The largest absolute Gasteiger partial charge is 0.370 e. The third kappa shape index (κ3) is 3.18. The number of hydrogen-bond donors (Lipinski definition) is 1. The summed E-state index contributed by atoms with van der Waals surface area (Å²) >= 11 is 0. The molecule has 0 radical (unpaired) electrons. The highest BCUT2D eigenvalue weighted by Crippen LogP contribution is 2.28. The molecule has 0 spiro atoms. The molecule has 0 aromatic heterocycles. The molecule has 22 heavy (non-hydrogen) atoms. The predicted octanol–water partition coefficient (Wildman–Crippen LogP) is 2.28. The molecule has 4 heteroatoms. The maximum absolute atomic E-state index is 12.9. The topological polar surface area (TPSA) is 41.6 Å². The fourth-order valence-corrected chi connectivity index (χ4v) is 3.50. The summed E-state index contributed by atoms with van der Waals surface area (Å²) in [7, 11) is 0. The first-order chi connectivity index (χ1) is 10.7. The summed E-state index contributed by atoms with van der Waals surface area (Å²) in [6, 6.07) is 8.46. The van der Waals surface area contributed by atoms with E-state index in [-0.39, 0.29) is 18.1 Å². The Bertz CT molecular complexity index is 526. The molecule has 0 bridgehead atoms. The number of carbonyl (C=O) groups is 1. The van der Waals surface area contributed by atoms with Gasteiger partial charge >= 0.3 is 0 Å². The number of nitrogens with zero attached hydrogens (tertiary/aromatic N) is 1. The first-order valence-electron chi connectivity index (χ1n) is 8.35. The maximum Gasteiger partial charge on any atom is 0.227 e. The molecule has 2 fully saturated rings. The van der Waals surface area contributed by atoms with Crippen LogP contribution >= 0.6 is 0 Å². The maximum atomic E-state index is 12.9. The second-order valence-electron chi connectivity index (χ2n) is 6.56. The van der Waals surface area contributed by atoms with Crippen molar-refractivity contribution in [1.82, 2.24) is 10.2 Å². The van der Waals surface area contributed by atoms with Crippen LogP contribution in [0.15, 0.2) is 24.3 Å². The first kappa shape index (κ1) is 15.5. The summed E-state index contributed by atoms with van der Waals surface area (Å²) in [5.41, 5.74) is 2.43. The zero-order valence-electron chi connectivity index (χ0n) is 13.5. The van der Waals surface area contributed by atoms with Crippen molar-refractivity contribution in [2.45, 2.75) is 38.8 Å². The van der Waals surface area contributed by atoms with Crippen molar-refractivity contribution in [3.63, 3.8) is 0 Å². The van der Waals surface area contributed by atoms with Gasteiger partial charge in [-0.1, -0.05) is 24.3 Å². The van der Waals surface area contributed by atoms with Gasteiger partial charge in [-0.05, 0) is 44.4 Å². The van der Waals surface area contributed by atoms with E-state index < -0.39 is 0 Å². The molecule has 1 N–H and O–H groups in total. The minimum Gasteiger partial charge on any atom is -0.370 e. The third-order valence-electron chi connectivity index (χ3n) is 4.90. The molecule has 0 saturated carbocycles. The Morgan fingerprint density at radius 3 is 2.91 bits per heavy atom. The van der Waals surface area contributed by atoms with Crippen molar-refractivity contribution in [2.24, 2.45) is 5.92 Å². The van der Waals surface area contributed by atoms with Crippen molar-refractivity contribution < 1.29 is 9.53 Å². The Kier molecular flexibility index (Phi) is 4.79. The molecule has 1 amide bonds. The Morgan fingerprint density at radius 2 is 2.18 bits per heavy atom. The van der Waals surface area contributed by atoms with E-state index in [9.17, 15) is 4.79 Å². The van der Waals surface area contributed by atoms with Crippen LogP contribution < -0.4 is 5.32 Å². The molecule has 2 aliphatic heterocycles. The van der Waals surface area contributed by atoms with E-state index in [4.69, 9.17) is 4.74 Å². The van der Waals surface area contributed by atoms with Gasteiger partial charge in [0.1, 0.15) is 6.10 Å². The van der Waals surface area contributed by atoms with Gasteiger partial charge in [0.05, 0.1) is 25.1 Å². The normalized spacial score (nSPS) is 29.4. The summed E-state index contributed by atoms with van der Waals surface area (Å²) in [5.74, 6) is 0.424. The van der Waals surface area contributed by atoms with Gasteiger partial charge in [0.2, 0.25) is 5.91 Å². The van der Waals surface area contributed by atoms with Crippen LogP contribution in [0.25, 0.3) is 0 Å². The smallest absolute Gasteiger partial charge is 0.227 e. The number of hydrogen-bond acceptors (Lipinski definition) is 3. The zero-order valence-corrected chi connectivity index (χ0v) is 13.5. The lowest BCUT2D eigenvalue weighted by atomic mass is 9.95. The van der Waals surface area contributed by atoms with Crippen LogP contribution in [0.2, 0.25) is 0 Å². The molecule has 4 nitrogen and oxygen atoms in total. The molecule has 0 unspecified atom stereocenters. The molecule has 3 atom stereocenters. The van der Waals surface area contributed by atoms with Crippen molar-refractivity contribution in [3.05, 3.63) is 35.4 Å². The zero-order chi connectivity index (χ0) is 15.5. The van der Waals surface area contributed by atoms with Crippen molar-refractivity contribution in [3.8, 4) is 0 Å². The minimum atomic E-state index is -0.00194. The van der Waals surface area contributed by atoms with Crippen LogP contribution in [0, 0.1) is 12.8 Å². The number of ether oxygens (including phenoxy) is 1. The first-order valence-corrected chi connectivity index (χ1v) is 8.35. The molecular formula is C18H26N2O2. The standard InChI is InChI=1S/C18H26N2O2/c1-13-6-3-4-8-16(13)17-11-20(14(2)12-22-17)18(21)15-7-5-9-19-10-15/h3-4,6,8,14-15,17,19H,5,7,9-12H2,1-2H3/t14-,15-,17+/m1/s1. The number of benzene rings is 1. The Morgan fingerprint density at radius 1 is 1.36 bits per heavy atom. The predicted molar refractivity (Wildman–Crippen MR) is 86.6 cm³/mol. The van der Waals surface area contributed by atoms with Crippen LogP contribution in [0.1, 0.15) is 37.0 Å². The van der Waals surface area contributed by atoms with Gasteiger partial charge in [-0.15, -0.1) is 0 Å². The monoisotopic (exact) mass is 302 g/mol. The van der Waals surface area contributed by atoms with Gasteiger partial charge in [-0.25, -0.2) is 0 Å². The van der Waals surface area contributed by atoms with E-state index in [0.29, 0.717) is 19.1 Å². The minimum absolute atomic E-state index is 0.00194. The Hall–Kier alpha value is -1.39. The highest BCUT2D eigenvalue weighted by Gasteiger charge is 2.34. The molecule has 2 heterocycles. The number of carbonyl (C=O) groups excluding carboxylic acids is 1. The number of morpholine rings is 1. The van der Waals surface area contributed by atoms with Crippen molar-refractivity contribution >= 4 is 5.91 Å². The van der Waals surface area contributed by atoms with Gasteiger partial charge in [0.15, 0.2) is 0 Å². The van der Waals surface area contributed by atoms with Gasteiger partial charge < -0.3 is 15.0 Å². The van der Waals surface area contributed by atoms with Gasteiger partial charge in [-0.2, -0.15) is 0 Å². The third-order valence-corrected chi connectivity index (χ3v) is 4.90. The second-order valence-corrected chi connectivity index (χ2v) is 6.56. The number of rotatable bonds is 2. The molecule has 1 aromatic rings. The summed E-state index contributed by atoms with van der Waals surface area (Å²) in [5, 5.41) is 3.34. The number of nitrogens with one attached hydrogen (secondary N) is 1. The second kappa shape index (κ2) is 6.80. The number of piperidine rings is 1. The van der Waals surface area contributed by atoms with Crippen molar-refractivity contribution in [1.29, 1.82) is 0 Å². The summed E-state index contributed by atoms with van der Waals surface area (Å²) < 4.78 is 6.02. The molecule has 120 valence electrons. The highest BCUT2D eigenvalue weighted by molar-refractivity contribution is 5.79. The molecular weight excluding hydrogens is 276 g/mol. The number of amides is 1. The lowest BCUT2D eigenvalue weighted by molar-refractivity contribution is -0.149. The van der Waals surface area contributed by atoms with Crippen LogP contribution in [-0.4, -0.2) is 43.1 Å². The van der Waals surface area contributed by atoms with Gasteiger partial charge in [0.25, 0.3) is 0 Å². The molecule has 2 saturated heterocycles. The van der Waals surface area contributed by atoms with E-state index in [0.717, 1.165) is 25.9 Å². The van der Waals surface area contributed by atoms with E-state index in [1.165, 1.54) is 11.1 Å². The van der Waals surface area contributed by atoms with E-state index in [2.05, 4.69) is 31.3 Å². The summed E-state index contributed by atoms with van der Waals surface area (Å²) in [6.07, 6.45) is 2.10. The summed E-state index contributed by atoms with van der Waals surface area (Å²) in [6.45, 7) is 7.33. The SMILES string of the molecule is Cc1ccccc1[C@@H]1CN(C(=O)[C@@H]2CCCNC2)[C@H](C)CO1. The Labute approximate surface area is 132 Å². The molecule has 0 aliphatic carbocycles. The van der Waals surface area contributed by atoms with Crippen LogP contribution in [-0.2, 0) is 9.53 Å². The fraction of sp³-hybridized carbons (Fsp3) is 0.611. The molecule has 3 rings (SSSR count). The lowest BCUT2D eigenvalue weighted by Crippen LogP contribution is -2.52. The number of aryl methyl sites for hydroxylation is 1. The van der Waals surface area contributed by atoms with Crippen LogP contribution in [0.5, 0.6) is 0 Å². The van der Waals surface area contributed by atoms with E-state index >= 15 is 0 Å². The fourth-order valence-electron chi connectivity index (χ4n) is 3.50. The highest BCUT2D eigenvalue weighted by atomic mass is 16.5. The van der Waals surface area contributed by atoms with E-state index in [1.54, 1.807) is 0 Å². The Balaban J connectivity index is 1.73. The van der Waals surface area contributed by atoms with Gasteiger partial charge in [0, 0.05) is 6.54 Å². The van der Waals surface area contributed by atoms with Crippen LogP contribution in [0.3, 0.4) is 0 Å². The quantitative estimate of drug-likeness (QED) is 0.911. The average Bonchev–Trinajstić information content (AvgIpc) is 2.56. The van der Waals surface area contributed by atoms with Gasteiger partial charge in [-0.3, -0.25) is 4.79 Å². The molecule has 1 aromatic carbocycles. The average molecular weight is 302 g/mol. The molecule has 2 aliphatic rings. The lowest BCUT2D eigenvalue weighted by Gasteiger charge is -2.40. The van der Waals surface area contributed by atoms with Crippen LogP contribution in [0.4, 0.5) is 0 Å². The van der Waals surface area contributed by atoms with E-state index in [1.807, 2.05) is 17.0 Å². The van der Waals surface area contributed by atoms with Crippen molar-refractivity contribution in [2.75, 3.05) is 26.2 Å². The summed E-state index contributed by atoms with van der Waals surface area (Å²) in [4.78, 5) is 14.9.